The summed E-state index contributed by atoms with van der Waals surface area (Å²) < 4.78 is 0. The molecule has 164 valence electrons. The normalized spacial score (nSPS) is 43.2. The zero-order valence-electron chi connectivity index (χ0n) is 19.5. The Hall–Kier alpha value is -0.670. The minimum atomic E-state index is -0.100. The monoisotopic (exact) mass is 401 g/mol. The summed E-state index contributed by atoms with van der Waals surface area (Å²) in [5, 5.41) is 10.2. The van der Waals surface area contributed by atoms with Gasteiger partial charge in [-0.1, -0.05) is 26.3 Å². The van der Waals surface area contributed by atoms with E-state index in [4.69, 9.17) is 0 Å². The van der Waals surface area contributed by atoms with E-state index in [-0.39, 0.29) is 11.5 Å². The predicted molar refractivity (Wildman–Crippen MR) is 119 cm³/mol. The minimum Gasteiger partial charge on any atom is -0.393 e. The molecular weight excluding hydrogens is 358 g/mol. The molecule has 4 aliphatic rings. The van der Waals surface area contributed by atoms with Crippen molar-refractivity contribution in [1.82, 2.24) is 4.90 Å². The molecule has 0 bridgehead atoms. The van der Waals surface area contributed by atoms with E-state index in [2.05, 4.69) is 39.8 Å². The highest BCUT2D eigenvalue weighted by molar-refractivity contribution is 6.00. The Balaban J connectivity index is 1.59. The molecule has 3 nitrogen and oxygen atoms in total. The molecule has 0 aromatic rings. The Kier molecular flexibility index (Phi) is 5.79. The molecule has 3 saturated carbocycles. The summed E-state index contributed by atoms with van der Waals surface area (Å²) in [6.07, 6.45) is 10.9. The first kappa shape index (κ1) is 21.6. The first-order chi connectivity index (χ1) is 13.7. The Labute approximate surface area is 178 Å². The third-order valence-corrected chi connectivity index (χ3v) is 9.78. The van der Waals surface area contributed by atoms with E-state index in [0.29, 0.717) is 34.9 Å². The Morgan fingerprint density at radius 3 is 2.66 bits per heavy atom. The number of aliphatic hydroxyl groups is 1. The number of aliphatic hydroxyl groups excluding tert-OH is 1. The fraction of sp³-hybridized carbons (Fsp3) is 0.885. The highest BCUT2D eigenvalue weighted by Crippen LogP contribution is 2.65. The van der Waals surface area contributed by atoms with Gasteiger partial charge in [0.25, 0.3) is 0 Å². The minimum absolute atomic E-state index is 0.100. The third-order valence-electron chi connectivity index (χ3n) is 9.78. The van der Waals surface area contributed by atoms with Crippen LogP contribution in [0.2, 0.25) is 0 Å². The van der Waals surface area contributed by atoms with Gasteiger partial charge in [0.1, 0.15) is 0 Å². The van der Waals surface area contributed by atoms with Crippen molar-refractivity contribution >= 4 is 5.78 Å². The number of rotatable bonds is 5. The van der Waals surface area contributed by atoms with Gasteiger partial charge in [-0.3, -0.25) is 4.79 Å². The van der Waals surface area contributed by atoms with Gasteiger partial charge in [0.15, 0.2) is 5.78 Å². The number of allylic oxidation sites excluding steroid dienone is 2. The summed E-state index contributed by atoms with van der Waals surface area (Å²) >= 11 is 0. The van der Waals surface area contributed by atoms with Crippen LogP contribution in [0, 0.1) is 34.5 Å². The van der Waals surface area contributed by atoms with Gasteiger partial charge in [-0.05, 0) is 113 Å². The van der Waals surface area contributed by atoms with Gasteiger partial charge in [0, 0.05) is 12.0 Å². The summed E-state index contributed by atoms with van der Waals surface area (Å²) in [5.41, 5.74) is 3.25. The van der Waals surface area contributed by atoms with E-state index in [1.807, 2.05) is 0 Å². The smallest absolute Gasteiger partial charge is 0.159 e. The molecule has 1 N–H and O–H groups in total. The second-order valence-electron chi connectivity index (χ2n) is 11.7. The first-order valence-electron chi connectivity index (χ1n) is 12.3. The van der Waals surface area contributed by atoms with Crippen LogP contribution in [0.3, 0.4) is 0 Å². The van der Waals surface area contributed by atoms with E-state index in [0.717, 1.165) is 38.6 Å². The summed E-state index contributed by atoms with van der Waals surface area (Å²) in [6, 6.07) is 0. The molecule has 3 fully saturated rings. The van der Waals surface area contributed by atoms with Crippen molar-refractivity contribution < 1.29 is 9.90 Å². The number of fused-ring (bicyclic) bond motifs is 4. The Morgan fingerprint density at radius 1 is 1.17 bits per heavy atom. The highest BCUT2D eigenvalue weighted by atomic mass is 16.3. The van der Waals surface area contributed by atoms with E-state index in [1.54, 1.807) is 5.57 Å². The molecule has 29 heavy (non-hydrogen) atoms. The van der Waals surface area contributed by atoms with Gasteiger partial charge >= 0.3 is 0 Å². The molecule has 0 spiro atoms. The number of carbonyl (C=O) groups excluding carboxylic acids is 1. The van der Waals surface area contributed by atoms with Gasteiger partial charge in [0.05, 0.1) is 6.10 Å². The molecular formula is C26H43NO2. The van der Waals surface area contributed by atoms with Crippen LogP contribution >= 0.6 is 0 Å². The van der Waals surface area contributed by atoms with Crippen LogP contribution < -0.4 is 0 Å². The number of ketones is 1. The second kappa shape index (κ2) is 7.79. The van der Waals surface area contributed by atoms with Crippen LogP contribution in [0.25, 0.3) is 0 Å². The molecule has 0 aromatic carbocycles. The van der Waals surface area contributed by atoms with Crippen LogP contribution in [-0.2, 0) is 4.79 Å². The van der Waals surface area contributed by atoms with Crippen molar-refractivity contribution in [2.24, 2.45) is 34.5 Å². The van der Waals surface area contributed by atoms with Gasteiger partial charge < -0.3 is 10.0 Å². The average Bonchev–Trinajstić information content (AvgIpc) is 2.93. The maximum absolute atomic E-state index is 13.4. The molecule has 3 heteroatoms. The predicted octanol–water partition coefficient (Wildman–Crippen LogP) is 5.23. The summed E-state index contributed by atoms with van der Waals surface area (Å²) in [5.74, 6) is 2.86. The lowest BCUT2D eigenvalue weighted by Crippen LogP contribution is -2.48. The van der Waals surface area contributed by atoms with Crippen molar-refractivity contribution in [2.75, 3.05) is 20.6 Å². The number of nitrogens with zero attached hydrogens (tertiary/aromatic N) is 1. The largest absolute Gasteiger partial charge is 0.393 e. The quantitative estimate of drug-likeness (QED) is 0.686. The average molecular weight is 402 g/mol. The van der Waals surface area contributed by atoms with Gasteiger partial charge in [-0.15, -0.1) is 0 Å². The van der Waals surface area contributed by atoms with Crippen molar-refractivity contribution in [3.8, 4) is 0 Å². The molecule has 4 aliphatic carbocycles. The van der Waals surface area contributed by atoms with Crippen LogP contribution in [0.1, 0.15) is 85.0 Å². The molecule has 4 rings (SSSR count). The first-order valence-corrected chi connectivity index (χ1v) is 12.3. The maximum atomic E-state index is 13.4. The van der Waals surface area contributed by atoms with Crippen LogP contribution in [-0.4, -0.2) is 42.5 Å². The summed E-state index contributed by atoms with van der Waals surface area (Å²) in [4.78, 5) is 15.6. The number of carbonyl (C=O) groups is 1. The number of hydrogen-bond acceptors (Lipinski definition) is 3. The molecule has 0 aromatic heterocycles. The molecule has 0 aliphatic heterocycles. The van der Waals surface area contributed by atoms with E-state index in [1.165, 1.54) is 37.7 Å². The Bertz CT molecular complexity index is 682. The van der Waals surface area contributed by atoms with Gasteiger partial charge in [0.2, 0.25) is 0 Å². The zero-order valence-corrected chi connectivity index (χ0v) is 19.5. The van der Waals surface area contributed by atoms with Crippen LogP contribution in [0.4, 0.5) is 0 Å². The highest BCUT2D eigenvalue weighted by Gasteiger charge is 2.57. The SMILES string of the molecule is C[C@H](CCCN(C)C)[C@H]1CC(=O)C2=C3CCC4CC(O)CC[C@]4(C)[C@H]3CC[C@@]21C. The fourth-order valence-corrected chi connectivity index (χ4v) is 8.10. The van der Waals surface area contributed by atoms with Gasteiger partial charge in [-0.25, -0.2) is 0 Å². The lowest BCUT2D eigenvalue weighted by atomic mass is 9.48. The van der Waals surface area contributed by atoms with E-state index in [9.17, 15) is 9.90 Å². The third kappa shape index (κ3) is 3.55. The topological polar surface area (TPSA) is 40.5 Å². The van der Waals surface area contributed by atoms with Crippen molar-refractivity contribution in [2.45, 2.75) is 91.1 Å². The maximum Gasteiger partial charge on any atom is 0.159 e. The lowest BCUT2D eigenvalue weighted by Gasteiger charge is -2.56. The lowest BCUT2D eigenvalue weighted by molar-refractivity contribution is -0.115. The zero-order chi connectivity index (χ0) is 21.0. The van der Waals surface area contributed by atoms with E-state index < -0.39 is 0 Å². The number of Topliss-reactive ketones (excluding diaryl/α,β-unsaturated/α-hetero) is 1. The van der Waals surface area contributed by atoms with Gasteiger partial charge in [-0.2, -0.15) is 0 Å². The molecule has 0 heterocycles. The number of hydrogen-bond donors (Lipinski definition) is 1. The van der Waals surface area contributed by atoms with Crippen molar-refractivity contribution in [1.29, 1.82) is 0 Å². The Morgan fingerprint density at radius 2 is 1.93 bits per heavy atom. The van der Waals surface area contributed by atoms with Crippen molar-refractivity contribution in [3.05, 3.63) is 11.1 Å². The molecule has 0 saturated heterocycles. The second-order valence-corrected chi connectivity index (χ2v) is 11.7. The van der Waals surface area contributed by atoms with Crippen molar-refractivity contribution in [3.63, 3.8) is 0 Å². The fourth-order valence-electron chi connectivity index (χ4n) is 8.10. The van der Waals surface area contributed by atoms with E-state index >= 15 is 0 Å². The molecule has 2 unspecified atom stereocenters. The summed E-state index contributed by atoms with van der Waals surface area (Å²) in [7, 11) is 4.30. The van der Waals surface area contributed by atoms with Crippen LogP contribution in [0.15, 0.2) is 11.1 Å². The standard InChI is InChI=1S/C26H43NO2/c1-17(7-6-14-27(4)5)22-16-23(29)24-20-9-8-18-15-19(28)10-12-25(18,2)21(20)11-13-26(22,24)3/h17-19,21-22,28H,6-16H2,1-5H3/t17-,18?,19?,21+,22-,25+,26-/m1/s1. The van der Waals surface area contributed by atoms with Crippen LogP contribution in [0.5, 0.6) is 0 Å². The molecule has 7 atom stereocenters. The molecule has 0 amide bonds. The summed E-state index contributed by atoms with van der Waals surface area (Å²) in [6.45, 7) is 8.46. The molecule has 0 radical (unpaired) electrons.